The van der Waals surface area contributed by atoms with E-state index < -0.39 is 0 Å². The number of benzene rings is 2. The lowest BCUT2D eigenvalue weighted by atomic mass is 10.2. The molecule has 0 spiro atoms. The summed E-state index contributed by atoms with van der Waals surface area (Å²) in [5.74, 6) is 1.67. The van der Waals surface area contributed by atoms with Crippen molar-refractivity contribution in [1.29, 1.82) is 0 Å². The lowest BCUT2D eigenvalue weighted by Gasteiger charge is -2.07. The third-order valence-electron chi connectivity index (χ3n) is 3.68. The van der Waals surface area contributed by atoms with Crippen LogP contribution >= 0.6 is 27.3 Å². The van der Waals surface area contributed by atoms with Crippen molar-refractivity contribution in [2.75, 3.05) is 19.1 Å². The van der Waals surface area contributed by atoms with Gasteiger partial charge in [-0.3, -0.25) is 5.43 Å². The fourth-order valence-electron chi connectivity index (χ4n) is 2.31. The Morgan fingerprint density at radius 3 is 2.74 bits per heavy atom. The van der Waals surface area contributed by atoms with Crippen LogP contribution in [0.4, 0.5) is 5.13 Å². The number of hydrazone groups is 1. The predicted molar refractivity (Wildman–Crippen MR) is 115 cm³/mol. The summed E-state index contributed by atoms with van der Waals surface area (Å²) in [5.41, 5.74) is 5.88. The van der Waals surface area contributed by atoms with Crippen molar-refractivity contribution >= 4 is 38.6 Å². The van der Waals surface area contributed by atoms with E-state index in [4.69, 9.17) is 9.47 Å². The van der Waals surface area contributed by atoms with Crippen LogP contribution in [0.15, 0.2) is 57.4 Å². The predicted octanol–water partition coefficient (Wildman–Crippen LogP) is 5.82. The van der Waals surface area contributed by atoms with Crippen LogP contribution in [0.1, 0.15) is 18.9 Å². The van der Waals surface area contributed by atoms with Crippen molar-refractivity contribution < 1.29 is 9.47 Å². The summed E-state index contributed by atoms with van der Waals surface area (Å²) in [7, 11) is 1.65. The quantitative estimate of drug-likeness (QED) is 0.350. The highest BCUT2D eigenvalue weighted by molar-refractivity contribution is 9.10. The molecule has 0 radical (unpaired) electrons. The number of halogens is 1. The monoisotopic (exact) mass is 445 g/mol. The minimum Gasteiger partial charge on any atom is -0.497 e. The summed E-state index contributed by atoms with van der Waals surface area (Å²) < 4.78 is 11.7. The molecule has 1 aromatic heterocycles. The zero-order valence-corrected chi connectivity index (χ0v) is 17.5. The van der Waals surface area contributed by atoms with Crippen LogP contribution in [0.5, 0.6) is 11.5 Å². The molecule has 140 valence electrons. The van der Waals surface area contributed by atoms with Crippen LogP contribution in [0.2, 0.25) is 0 Å². The van der Waals surface area contributed by atoms with E-state index in [-0.39, 0.29) is 0 Å². The van der Waals surface area contributed by atoms with Gasteiger partial charge in [0, 0.05) is 10.9 Å². The van der Waals surface area contributed by atoms with Crippen LogP contribution in [-0.4, -0.2) is 24.9 Å². The molecule has 27 heavy (non-hydrogen) atoms. The number of thiazole rings is 1. The second-order valence-corrected chi connectivity index (χ2v) is 7.39. The zero-order chi connectivity index (χ0) is 19.1. The van der Waals surface area contributed by atoms with Crippen molar-refractivity contribution in [1.82, 2.24) is 4.98 Å². The first kappa shape index (κ1) is 19.4. The molecule has 0 fully saturated rings. The molecule has 0 atom stereocenters. The van der Waals surface area contributed by atoms with E-state index >= 15 is 0 Å². The Kier molecular flexibility index (Phi) is 6.84. The molecule has 0 aliphatic rings. The van der Waals surface area contributed by atoms with Gasteiger partial charge >= 0.3 is 0 Å². The Morgan fingerprint density at radius 1 is 1.22 bits per heavy atom. The lowest BCUT2D eigenvalue weighted by Crippen LogP contribution is -1.96. The lowest BCUT2D eigenvalue weighted by molar-refractivity contribution is 0.315. The molecule has 0 saturated carbocycles. The SMILES string of the molecule is CCCOc1ccc(/C=N\Nc2nc(-c3ccc(OC)cc3)cs2)cc1Br. The number of rotatable bonds is 8. The highest BCUT2D eigenvalue weighted by atomic mass is 79.9. The fraction of sp³-hybridized carbons (Fsp3) is 0.200. The fourth-order valence-corrected chi connectivity index (χ4v) is 3.49. The molecule has 3 aromatic rings. The Balaban J connectivity index is 1.61. The number of aromatic nitrogens is 1. The first-order chi connectivity index (χ1) is 13.2. The molecule has 0 aliphatic heterocycles. The smallest absolute Gasteiger partial charge is 0.203 e. The van der Waals surface area contributed by atoms with Crippen LogP contribution in [0.25, 0.3) is 11.3 Å². The standard InChI is InChI=1S/C20H20BrN3O2S/c1-3-10-26-19-9-4-14(11-17(19)21)12-22-24-20-23-18(13-27-20)15-5-7-16(25-2)8-6-15/h4-9,11-13H,3,10H2,1-2H3,(H,23,24)/b22-12-. The Labute approximate surface area is 171 Å². The number of nitrogens with one attached hydrogen (secondary N) is 1. The summed E-state index contributed by atoms with van der Waals surface area (Å²) >= 11 is 5.03. The van der Waals surface area contributed by atoms with Gasteiger partial charge in [-0.25, -0.2) is 4.98 Å². The average molecular weight is 446 g/mol. The van der Waals surface area contributed by atoms with Gasteiger partial charge in [0.25, 0.3) is 0 Å². The number of hydrogen-bond acceptors (Lipinski definition) is 6. The van der Waals surface area contributed by atoms with E-state index in [0.717, 1.165) is 44.3 Å². The molecule has 0 unspecified atom stereocenters. The summed E-state index contributed by atoms with van der Waals surface area (Å²) in [4.78, 5) is 4.56. The van der Waals surface area contributed by atoms with Crippen LogP contribution in [-0.2, 0) is 0 Å². The van der Waals surface area contributed by atoms with Crippen LogP contribution in [0, 0.1) is 0 Å². The summed E-state index contributed by atoms with van der Waals surface area (Å²) in [5, 5.41) is 7.00. The zero-order valence-electron chi connectivity index (χ0n) is 15.1. The minimum absolute atomic E-state index is 0.703. The summed E-state index contributed by atoms with van der Waals surface area (Å²) in [6, 6.07) is 13.7. The highest BCUT2D eigenvalue weighted by Gasteiger charge is 2.05. The van der Waals surface area contributed by atoms with Crippen molar-refractivity contribution in [2.45, 2.75) is 13.3 Å². The van der Waals surface area contributed by atoms with Gasteiger partial charge in [-0.1, -0.05) is 6.92 Å². The molecule has 0 amide bonds. The van der Waals surface area contributed by atoms with Crippen molar-refractivity contribution in [2.24, 2.45) is 5.10 Å². The van der Waals surface area contributed by atoms with Gasteiger partial charge in [0.15, 0.2) is 0 Å². The molecule has 1 heterocycles. The van der Waals surface area contributed by atoms with Gasteiger partial charge < -0.3 is 9.47 Å². The maximum Gasteiger partial charge on any atom is 0.203 e. The van der Waals surface area contributed by atoms with Gasteiger partial charge in [-0.05, 0) is 70.4 Å². The molecule has 0 saturated heterocycles. The summed E-state index contributed by atoms with van der Waals surface area (Å²) in [6.07, 6.45) is 2.73. The van der Waals surface area contributed by atoms with Crippen molar-refractivity contribution in [3.05, 3.63) is 57.9 Å². The molecule has 5 nitrogen and oxygen atoms in total. The Morgan fingerprint density at radius 2 is 2.04 bits per heavy atom. The number of anilines is 1. The van der Waals surface area contributed by atoms with E-state index in [9.17, 15) is 0 Å². The third-order valence-corrected chi connectivity index (χ3v) is 5.05. The largest absolute Gasteiger partial charge is 0.497 e. The third kappa shape index (κ3) is 5.30. The highest BCUT2D eigenvalue weighted by Crippen LogP contribution is 2.27. The van der Waals surface area contributed by atoms with E-state index in [1.54, 1.807) is 13.3 Å². The number of hydrogen-bond donors (Lipinski definition) is 1. The van der Waals surface area contributed by atoms with E-state index in [2.05, 4.69) is 38.4 Å². The molecule has 2 aromatic carbocycles. The van der Waals surface area contributed by atoms with E-state index in [1.165, 1.54) is 11.3 Å². The van der Waals surface area contributed by atoms with Gasteiger partial charge in [0.05, 0.1) is 30.1 Å². The number of methoxy groups -OCH3 is 1. The van der Waals surface area contributed by atoms with E-state index in [0.29, 0.717) is 6.61 Å². The summed E-state index contributed by atoms with van der Waals surface area (Å²) in [6.45, 7) is 2.79. The topological polar surface area (TPSA) is 55.7 Å². The molecule has 3 rings (SSSR count). The van der Waals surface area contributed by atoms with Crippen molar-refractivity contribution in [3.8, 4) is 22.8 Å². The second kappa shape index (κ2) is 9.53. The molecular weight excluding hydrogens is 426 g/mol. The van der Waals surface area contributed by atoms with Gasteiger partial charge in [-0.2, -0.15) is 5.10 Å². The van der Waals surface area contributed by atoms with Gasteiger partial charge in [0.2, 0.25) is 5.13 Å². The Hall–Kier alpha value is -2.38. The molecular formula is C20H20BrN3O2S. The van der Waals surface area contributed by atoms with Crippen molar-refractivity contribution in [3.63, 3.8) is 0 Å². The van der Waals surface area contributed by atoms with Crippen LogP contribution in [0.3, 0.4) is 0 Å². The minimum atomic E-state index is 0.703. The first-order valence-corrected chi connectivity index (χ1v) is 10.2. The van der Waals surface area contributed by atoms with E-state index in [1.807, 2.05) is 47.8 Å². The van der Waals surface area contributed by atoms with Gasteiger partial charge in [-0.15, -0.1) is 11.3 Å². The second-order valence-electron chi connectivity index (χ2n) is 5.67. The molecule has 1 N–H and O–H groups in total. The molecule has 0 bridgehead atoms. The normalized spacial score (nSPS) is 10.9. The van der Waals surface area contributed by atoms with Gasteiger partial charge in [0.1, 0.15) is 11.5 Å². The maximum absolute atomic E-state index is 5.65. The van der Waals surface area contributed by atoms with Crippen LogP contribution < -0.4 is 14.9 Å². The number of ether oxygens (including phenoxy) is 2. The first-order valence-electron chi connectivity index (χ1n) is 8.51. The molecule has 7 heteroatoms. The maximum atomic E-state index is 5.65. The molecule has 0 aliphatic carbocycles. The Bertz CT molecular complexity index is 910. The average Bonchev–Trinajstić information content (AvgIpc) is 3.16. The number of nitrogens with zero attached hydrogens (tertiary/aromatic N) is 2.